The molecule has 2 bridgehead atoms. The predicted molar refractivity (Wildman–Crippen MR) is 80.1 cm³/mol. The number of aromatic nitrogens is 4. The number of carbonyl (C=O) groups is 1. The van der Waals surface area contributed by atoms with E-state index in [1.165, 1.54) is 0 Å². The molecule has 2 aromatic heterocycles. The molecule has 2 aliphatic carbocycles. The molecule has 7 nitrogen and oxygen atoms in total. The van der Waals surface area contributed by atoms with Crippen LogP contribution in [-0.4, -0.2) is 31.0 Å². The molecule has 5 rings (SSSR count). The number of amides is 1. The Bertz CT molecular complexity index is 819. The average molecular weight is 319 g/mol. The van der Waals surface area contributed by atoms with Crippen LogP contribution in [0.15, 0.2) is 6.33 Å². The van der Waals surface area contributed by atoms with E-state index < -0.39 is 0 Å². The summed E-state index contributed by atoms with van der Waals surface area (Å²) >= 11 is 6.10. The number of anilines is 1. The first-order chi connectivity index (χ1) is 10.6. The van der Waals surface area contributed by atoms with Gasteiger partial charge < -0.3 is 15.6 Å². The maximum Gasteiger partial charge on any atom is 0.223 e. The van der Waals surface area contributed by atoms with Gasteiger partial charge in [0.2, 0.25) is 11.9 Å². The summed E-state index contributed by atoms with van der Waals surface area (Å²) in [6.45, 7) is 0. The highest BCUT2D eigenvalue weighted by Gasteiger charge is 2.62. The number of carbonyl (C=O) groups excluding carboxylic acids is 1. The third-order valence-electron chi connectivity index (χ3n) is 5.60. The highest BCUT2D eigenvalue weighted by atomic mass is 35.5. The zero-order valence-corrected chi connectivity index (χ0v) is 12.5. The predicted octanol–water partition coefficient (Wildman–Crippen LogP) is 1.29. The van der Waals surface area contributed by atoms with E-state index in [1.807, 2.05) is 0 Å². The first-order valence-electron chi connectivity index (χ1n) is 7.52. The molecular weight excluding hydrogens is 304 g/mol. The molecule has 2 aromatic rings. The smallest absolute Gasteiger partial charge is 0.223 e. The molecule has 3 fully saturated rings. The minimum atomic E-state index is -0.0103. The monoisotopic (exact) mass is 318 g/mol. The third-order valence-corrected chi connectivity index (χ3v) is 5.87. The summed E-state index contributed by atoms with van der Waals surface area (Å²) in [5, 5.41) is 3.51. The normalized spacial score (nSPS) is 36.0. The van der Waals surface area contributed by atoms with Gasteiger partial charge in [0.15, 0.2) is 10.8 Å². The van der Waals surface area contributed by atoms with Crippen LogP contribution in [0.5, 0.6) is 0 Å². The van der Waals surface area contributed by atoms with Crippen molar-refractivity contribution >= 4 is 34.6 Å². The Morgan fingerprint density at radius 2 is 2.27 bits per heavy atom. The SMILES string of the molecule is Nc1nc(Cl)c2ncn([C@H]3CC45C[C@@H](CC(=O)N4)C[C@@H]35)c2n1. The molecule has 1 aliphatic heterocycles. The Labute approximate surface area is 131 Å². The van der Waals surface area contributed by atoms with Crippen molar-refractivity contribution < 1.29 is 4.79 Å². The van der Waals surface area contributed by atoms with Crippen molar-refractivity contribution in [1.82, 2.24) is 24.8 Å². The third kappa shape index (κ3) is 1.47. The number of fused-ring (bicyclic) bond motifs is 2. The van der Waals surface area contributed by atoms with Crippen LogP contribution in [0.4, 0.5) is 5.95 Å². The van der Waals surface area contributed by atoms with Gasteiger partial charge in [-0.25, -0.2) is 4.98 Å². The minimum absolute atomic E-state index is 0.0103. The summed E-state index contributed by atoms with van der Waals surface area (Å²) in [6.07, 6.45) is 5.54. The molecule has 8 heteroatoms. The number of halogens is 1. The van der Waals surface area contributed by atoms with Crippen molar-refractivity contribution in [2.24, 2.45) is 11.8 Å². The molecule has 3 aliphatic rings. The highest BCUT2D eigenvalue weighted by Crippen LogP contribution is 2.61. The van der Waals surface area contributed by atoms with Crippen LogP contribution in [-0.2, 0) is 4.79 Å². The van der Waals surface area contributed by atoms with Crippen LogP contribution in [0.2, 0.25) is 5.15 Å². The molecule has 2 saturated carbocycles. The van der Waals surface area contributed by atoms with Gasteiger partial charge in [0.1, 0.15) is 5.52 Å². The fourth-order valence-corrected chi connectivity index (χ4v) is 5.04. The quantitative estimate of drug-likeness (QED) is 0.772. The van der Waals surface area contributed by atoms with Crippen molar-refractivity contribution in [2.75, 3.05) is 5.73 Å². The van der Waals surface area contributed by atoms with E-state index in [2.05, 4.69) is 24.8 Å². The molecule has 0 aromatic carbocycles. The summed E-state index contributed by atoms with van der Waals surface area (Å²) in [7, 11) is 0. The molecule has 3 N–H and O–H groups in total. The largest absolute Gasteiger partial charge is 0.368 e. The first kappa shape index (κ1) is 12.6. The molecule has 1 saturated heterocycles. The van der Waals surface area contributed by atoms with Crippen LogP contribution in [0.25, 0.3) is 11.2 Å². The molecule has 1 unspecified atom stereocenters. The Morgan fingerprint density at radius 1 is 1.41 bits per heavy atom. The van der Waals surface area contributed by atoms with Crippen LogP contribution in [0.3, 0.4) is 0 Å². The Morgan fingerprint density at radius 3 is 3.14 bits per heavy atom. The van der Waals surface area contributed by atoms with Gasteiger partial charge in [-0.15, -0.1) is 0 Å². The maximum atomic E-state index is 11.8. The van der Waals surface area contributed by atoms with E-state index in [0.29, 0.717) is 35.5 Å². The van der Waals surface area contributed by atoms with Crippen molar-refractivity contribution in [3.05, 3.63) is 11.5 Å². The van der Waals surface area contributed by atoms with Crippen LogP contribution in [0.1, 0.15) is 31.7 Å². The average Bonchev–Trinajstić information content (AvgIpc) is 2.93. The van der Waals surface area contributed by atoms with E-state index in [-0.39, 0.29) is 22.5 Å². The molecular formula is C14H15ClN6O. The van der Waals surface area contributed by atoms with Crippen LogP contribution < -0.4 is 11.1 Å². The van der Waals surface area contributed by atoms with Gasteiger partial charge in [-0.1, -0.05) is 11.6 Å². The summed E-state index contributed by atoms with van der Waals surface area (Å²) < 4.78 is 2.06. The number of rotatable bonds is 1. The van der Waals surface area contributed by atoms with Crippen molar-refractivity contribution in [3.63, 3.8) is 0 Å². The minimum Gasteiger partial charge on any atom is -0.368 e. The number of nitrogens with zero attached hydrogens (tertiary/aromatic N) is 4. The number of hydrogen-bond acceptors (Lipinski definition) is 5. The van der Waals surface area contributed by atoms with E-state index >= 15 is 0 Å². The lowest BCUT2D eigenvalue weighted by Gasteiger charge is -2.52. The number of piperidine rings is 1. The van der Waals surface area contributed by atoms with Crippen molar-refractivity contribution in [3.8, 4) is 0 Å². The van der Waals surface area contributed by atoms with Crippen molar-refractivity contribution in [2.45, 2.75) is 37.3 Å². The molecule has 1 spiro atoms. The number of imidazole rings is 1. The Kier molecular flexibility index (Phi) is 2.24. The number of nitrogens with two attached hydrogens (primary N) is 1. The Balaban J connectivity index is 1.57. The summed E-state index contributed by atoms with van der Waals surface area (Å²) in [5.74, 6) is 1.31. The molecule has 4 atom stereocenters. The Hall–Kier alpha value is -1.89. The second-order valence-electron chi connectivity index (χ2n) is 6.79. The first-order valence-corrected chi connectivity index (χ1v) is 7.90. The van der Waals surface area contributed by atoms with Gasteiger partial charge in [0, 0.05) is 23.9 Å². The van der Waals surface area contributed by atoms with E-state index in [9.17, 15) is 4.79 Å². The van der Waals surface area contributed by atoms with E-state index in [1.54, 1.807) is 6.33 Å². The van der Waals surface area contributed by atoms with Gasteiger partial charge in [-0.2, -0.15) is 9.97 Å². The van der Waals surface area contributed by atoms with Gasteiger partial charge in [-0.05, 0) is 25.2 Å². The van der Waals surface area contributed by atoms with Gasteiger partial charge in [0.05, 0.1) is 6.33 Å². The van der Waals surface area contributed by atoms with Gasteiger partial charge >= 0.3 is 0 Å². The van der Waals surface area contributed by atoms with Crippen molar-refractivity contribution in [1.29, 1.82) is 0 Å². The molecule has 3 heterocycles. The zero-order valence-electron chi connectivity index (χ0n) is 11.8. The topological polar surface area (TPSA) is 98.7 Å². The lowest BCUT2D eigenvalue weighted by Crippen LogP contribution is -2.62. The second kappa shape index (κ2) is 3.90. The second-order valence-corrected chi connectivity index (χ2v) is 7.15. The fourth-order valence-electron chi connectivity index (χ4n) is 4.82. The molecule has 114 valence electrons. The maximum absolute atomic E-state index is 11.8. The van der Waals surface area contributed by atoms with Crippen LogP contribution >= 0.6 is 11.6 Å². The summed E-state index contributed by atoms with van der Waals surface area (Å²) in [6, 6.07) is 0.291. The van der Waals surface area contributed by atoms with Crippen LogP contribution in [0, 0.1) is 11.8 Å². The zero-order chi connectivity index (χ0) is 15.1. The van der Waals surface area contributed by atoms with E-state index in [0.717, 1.165) is 19.3 Å². The lowest BCUT2D eigenvalue weighted by atomic mass is 9.64. The standard InChI is InChI=1S/C14H15ClN6O/c15-11-10-12(19-13(16)18-11)21(5-17-10)8-4-14-3-6(1-7(8)14)2-9(22)20-14/h5-8H,1-4H2,(H,20,22)(H2,16,18,19)/t6-,7+,8+,14?/m1/s1. The summed E-state index contributed by atoms with van der Waals surface area (Å²) in [4.78, 5) is 24.4. The van der Waals surface area contributed by atoms with Gasteiger partial charge in [0.25, 0.3) is 0 Å². The molecule has 0 radical (unpaired) electrons. The molecule has 22 heavy (non-hydrogen) atoms. The number of nitrogen functional groups attached to an aromatic ring is 1. The lowest BCUT2D eigenvalue weighted by molar-refractivity contribution is -0.128. The van der Waals surface area contributed by atoms with E-state index in [4.69, 9.17) is 17.3 Å². The summed E-state index contributed by atoms with van der Waals surface area (Å²) in [5.41, 5.74) is 6.98. The fraction of sp³-hybridized carbons (Fsp3) is 0.571. The number of nitrogens with one attached hydrogen (secondary N) is 1. The highest BCUT2D eigenvalue weighted by molar-refractivity contribution is 6.33. The number of hydrogen-bond donors (Lipinski definition) is 2. The molecule has 1 amide bonds. The van der Waals surface area contributed by atoms with Gasteiger partial charge in [-0.3, -0.25) is 4.79 Å².